The van der Waals surface area contributed by atoms with Crippen LogP contribution in [0, 0.1) is 0 Å². The van der Waals surface area contributed by atoms with Crippen LogP contribution in [-0.4, -0.2) is 63.9 Å². The molecule has 3 aromatic rings. The van der Waals surface area contributed by atoms with E-state index in [1.807, 2.05) is 35.2 Å². The van der Waals surface area contributed by atoms with Crippen molar-refractivity contribution in [3.63, 3.8) is 0 Å². The molecule has 0 radical (unpaired) electrons. The monoisotopic (exact) mass is 333 g/mol. The zero-order chi connectivity index (χ0) is 17.2. The van der Waals surface area contributed by atoms with Crippen molar-refractivity contribution >= 4 is 16.8 Å². The number of hydrogen-bond donors (Lipinski definition) is 0. The van der Waals surface area contributed by atoms with Gasteiger partial charge >= 0.3 is 0 Å². The second-order valence-electron chi connectivity index (χ2n) is 6.30. The summed E-state index contributed by atoms with van der Waals surface area (Å²) >= 11 is 0. The summed E-state index contributed by atoms with van der Waals surface area (Å²) in [6.07, 6.45) is 4.99. The molecule has 0 unspecified atom stereocenters. The Morgan fingerprint density at radius 1 is 1.04 bits per heavy atom. The quantitative estimate of drug-likeness (QED) is 0.718. The van der Waals surface area contributed by atoms with Gasteiger partial charge in [0.15, 0.2) is 0 Å². The highest BCUT2D eigenvalue weighted by Gasteiger charge is 2.22. The molecule has 1 fully saturated rings. The number of benzene rings is 1. The van der Waals surface area contributed by atoms with Crippen LogP contribution in [0.2, 0.25) is 0 Å². The first-order chi connectivity index (χ1) is 12.2. The average molecular weight is 333 g/mol. The smallest absolute Gasteiger partial charge is 0.274 e. The largest absolute Gasteiger partial charge is 0.335 e. The lowest BCUT2D eigenvalue weighted by Crippen LogP contribution is -2.47. The fourth-order valence-corrected chi connectivity index (χ4v) is 2.99. The van der Waals surface area contributed by atoms with Gasteiger partial charge in [0.05, 0.1) is 23.6 Å². The molecule has 4 rings (SSSR count). The highest BCUT2D eigenvalue weighted by atomic mass is 16.2. The maximum Gasteiger partial charge on any atom is 0.274 e. The number of fused-ring (bicyclic) bond motifs is 1. The molecule has 2 aromatic heterocycles. The molecule has 1 saturated heterocycles. The Morgan fingerprint density at radius 3 is 2.68 bits per heavy atom. The maximum absolute atomic E-state index is 12.7. The first-order valence-electron chi connectivity index (χ1n) is 8.36. The second kappa shape index (κ2) is 6.57. The lowest BCUT2D eigenvalue weighted by Gasteiger charge is -2.32. The van der Waals surface area contributed by atoms with Gasteiger partial charge in [0.1, 0.15) is 5.69 Å². The van der Waals surface area contributed by atoms with Crippen LogP contribution in [0.25, 0.3) is 22.2 Å². The van der Waals surface area contributed by atoms with Gasteiger partial charge in [-0.15, -0.1) is 0 Å². The first kappa shape index (κ1) is 15.7. The summed E-state index contributed by atoms with van der Waals surface area (Å²) in [5.74, 6) is -0.0591. The fraction of sp³-hybridized carbons (Fsp3) is 0.263. The van der Waals surface area contributed by atoms with Crippen molar-refractivity contribution in [2.24, 2.45) is 0 Å². The van der Waals surface area contributed by atoms with Gasteiger partial charge < -0.3 is 9.80 Å². The van der Waals surface area contributed by atoms with E-state index in [-0.39, 0.29) is 5.91 Å². The normalized spacial score (nSPS) is 15.5. The van der Waals surface area contributed by atoms with E-state index < -0.39 is 0 Å². The summed E-state index contributed by atoms with van der Waals surface area (Å²) in [5, 5.41) is 1.04. The van der Waals surface area contributed by atoms with E-state index in [9.17, 15) is 4.79 Å². The average Bonchev–Trinajstić information content (AvgIpc) is 2.68. The number of para-hydroxylation sites is 1. The lowest BCUT2D eigenvalue weighted by molar-refractivity contribution is 0.0658. The van der Waals surface area contributed by atoms with Crippen molar-refractivity contribution in [3.8, 4) is 11.3 Å². The Balaban J connectivity index is 1.63. The number of nitrogens with zero attached hydrogens (tertiary/aromatic N) is 5. The Hall–Kier alpha value is -2.86. The van der Waals surface area contributed by atoms with Gasteiger partial charge in [-0.1, -0.05) is 18.2 Å². The molecular formula is C19H19N5O. The highest BCUT2D eigenvalue weighted by Crippen LogP contribution is 2.21. The molecule has 0 spiro atoms. The Kier molecular flexibility index (Phi) is 4.11. The third-order valence-electron chi connectivity index (χ3n) is 4.53. The van der Waals surface area contributed by atoms with Crippen molar-refractivity contribution in [2.45, 2.75) is 0 Å². The predicted molar refractivity (Wildman–Crippen MR) is 96.2 cm³/mol. The molecule has 126 valence electrons. The van der Waals surface area contributed by atoms with E-state index in [0.29, 0.717) is 11.4 Å². The van der Waals surface area contributed by atoms with Crippen molar-refractivity contribution < 1.29 is 4.79 Å². The van der Waals surface area contributed by atoms with Gasteiger partial charge in [-0.3, -0.25) is 14.8 Å². The van der Waals surface area contributed by atoms with Crippen LogP contribution in [0.5, 0.6) is 0 Å². The molecule has 1 amide bonds. The topological polar surface area (TPSA) is 62.2 Å². The van der Waals surface area contributed by atoms with Gasteiger partial charge in [0, 0.05) is 43.3 Å². The van der Waals surface area contributed by atoms with E-state index in [2.05, 4.69) is 26.9 Å². The molecule has 0 aliphatic carbocycles. The van der Waals surface area contributed by atoms with Crippen LogP contribution < -0.4 is 0 Å². The van der Waals surface area contributed by atoms with E-state index in [0.717, 1.165) is 42.6 Å². The van der Waals surface area contributed by atoms with Crippen LogP contribution in [0.1, 0.15) is 10.5 Å². The van der Waals surface area contributed by atoms with Gasteiger partial charge in [-0.05, 0) is 19.2 Å². The predicted octanol–water partition coefficient (Wildman–Crippen LogP) is 2.08. The molecular weight excluding hydrogens is 314 g/mol. The van der Waals surface area contributed by atoms with Gasteiger partial charge in [0.25, 0.3) is 5.91 Å². The molecule has 0 bridgehead atoms. The molecule has 25 heavy (non-hydrogen) atoms. The number of rotatable bonds is 2. The van der Waals surface area contributed by atoms with Crippen LogP contribution in [-0.2, 0) is 0 Å². The standard InChI is InChI=1S/C19H19N5O/c1-23-6-8-24(9-7-23)19(25)18-13-20-12-17(22-18)15-10-14-4-2-3-5-16(14)21-11-15/h2-5,10-13H,6-9H2,1H3. The van der Waals surface area contributed by atoms with E-state index >= 15 is 0 Å². The Labute approximate surface area is 146 Å². The number of likely N-dealkylation sites (N-methyl/N-ethyl adjacent to an activating group) is 1. The number of amides is 1. The molecule has 0 N–H and O–H groups in total. The molecule has 3 heterocycles. The number of aromatic nitrogens is 3. The van der Waals surface area contributed by atoms with Crippen LogP contribution in [0.15, 0.2) is 48.9 Å². The van der Waals surface area contributed by atoms with E-state index in [1.165, 1.54) is 0 Å². The minimum Gasteiger partial charge on any atom is -0.335 e. The van der Waals surface area contributed by atoms with E-state index in [1.54, 1.807) is 18.6 Å². The molecule has 0 saturated carbocycles. The number of carbonyl (C=O) groups excluding carboxylic acids is 1. The third-order valence-corrected chi connectivity index (χ3v) is 4.53. The Morgan fingerprint density at radius 2 is 1.84 bits per heavy atom. The molecule has 6 heteroatoms. The van der Waals surface area contributed by atoms with Gasteiger partial charge in [0.2, 0.25) is 0 Å². The van der Waals surface area contributed by atoms with Gasteiger partial charge in [-0.25, -0.2) is 4.98 Å². The van der Waals surface area contributed by atoms with Crippen LogP contribution >= 0.6 is 0 Å². The third kappa shape index (κ3) is 3.21. The zero-order valence-electron chi connectivity index (χ0n) is 14.1. The van der Waals surface area contributed by atoms with Crippen molar-refractivity contribution in [2.75, 3.05) is 33.2 Å². The minimum absolute atomic E-state index is 0.0591. The Bertz CT molecular complexity index is 918. The maximum atomic E-state index is 12.7. The minimum atomic E-state index is -0.0591. The number of pyridine rings is 1. The summed E-state index contributed by atoms with van der Waals surface area (Å²) in [4.78, 5) is 30.0. The molecule has 1 aliphatic heterocycles. The van der Waals surface area contributed by atoms with Gasteiger partial charge in [-0.2, -0.15) is 0 Å². The van der Waals surface area contributed by atoms with Crippen LogP contribution in [0.4, 0.5) is 0 Å². The molecule has 0 atom stereocenters. The van der Waals surface area contributed by atoms with Crippen molar-refractivity contribution in [1.82, 2.24) is 24.8 Å². The number of carbonyl (C=O) groups is 1. The SMILES string of the molecule is CN1CCN(C(=O)c2cncc(-c3cnc4ccccc4c3)n2)CC1. The number of piperazine rings is 1. The molecule has 1 aliphatic rings. The summed E-state index contributed by atoms with van der Waals surface area (Å²) in [5.41, 5.74) is 2.84. The zero-order valence-corrected chi connectivity index (χ0v) is 14.1. The number of hydrogen-bond acceptors (Lipinski definition) is 5. The van der Waals surface area contributed by atoms with Crippen molar-refractivity contribution in [3.05, 3.63) is 54.6 Å². The van der Waals surface area contributed by atoms with Crippen molar-refractivity contribution in [1.29, 1.82) is 0 Å². The summed E-state index contributed by atoms with van der Waals surface area (Å²) < 4.78 is 0. The van der Waals surface area contributed by atoms with Crippen LogP contribution in [0.3, 0.4) is 0 Å². The molecule has 1 aromatic carbocycles. The highest BCUT2D eigenvalue weighted by molar-refractivity contribution is 5.92. The summed E-state index contributed by atoms with van der Waals surface area (Å²) in [6.45, 7) is 3.21. The second-order valence-corrected chi connectivity index (χ2v) is 6.30. The first-order valence-corrected chi connectivity index (χ1v) is 8.36. The van der Waals surface area contributed by atoms with E-state index in [4.69, 9.17) is 0 Å². The lowest BCUT2D eigenvalue weighted by atomic mass is 10.1. The fourth-order valence-electron chi connectivity index (χ4n) is 2.99. The summed E-state index contributed by atoms with van der Waals surface area (Å²) in [7, 11) is 2.06. The summed E-state index contributed by atoms with van der Waals surface area (Å²) in [6, 6.07) is 9.95. The molecule has 6 nitrogen and oxygen atoms in total.